The van der Waals surface area contributed by atoms with E-state index in [-0.39, 0.29) is 0 Å². The molecule has 0 unspecified atom stereocenters. The van der Waals surface area contributed by atoms with Gasteiger partial charge < -0.3 is 10.0 Å². The van der Waals surface area contributed by atoms with E-state index < -0.39 is 0 Å². The molecule has 0 radical (unpaired) electrons. The minimum Gasteiger partial charge on any atom is -0.508 e. The maximum absolute atomic E-state index is 8.94. The Labute approximate surface area is 143 Å². The first-order valence-electron chi connectivity index (χ1n) is 9.61. The number of phenolic OH excluding ortho intramolecular Hbond substituents is 1. The highest BCUT2D eigenvalue weighted by atomic mass is 16.3. The lowest BCUT2D eigenvalue weighted by Crippen LogP contribution is -2.37. The predicted molar refractivity (Wildman–Crippen MR) is 101 cm³/mol. The third-order valence-corrected chi connectivity index (χ3v) is 4.67. The van der Waals surface area contributed by atoms with Gasteiger partial charge in [-0.15, -0.1) is 0 Å². The smallest absolute Gasteiger partial charge is 0.115 e. The van der Waals surface area contributed by atoms with Crippen molar-refractivity contribution in [2.24, 2.45) is 0 Å². The van der Waals surface area contributed by atoms with E-state index in [1.165, 1.54) is 63.6 Å². The first-order chi connectivity index (χ1) is 11.1. The van der Waals surface area contributed by atoms with E-state index in [4.69, 9.17) is 5.11 Å². The van der Waals surface area contributed by atoms with Crippen molar-refractivity contribution in [1.82, 2.24) is 4.90 Å². The van der Waals surface area contributed by atoms with Gasteiger partial charge in [-0.2, -0.15) is 0 Å². The van der Waals surface area contributed by atoms with Crippen molar-refractivity contribution < 1.29 is 5.11 Å². The van der Waals surface area contributed by atoms with E-state index >= 15 is 0 Å². The van der Waals surface area contributed by atoms with Crippen LogP contribution in [-0.2, 0) is 0 Å². The van der Waals surface area contributed by atoms with Crippen molar-refractivity contribution in [3.63, 3.8) is 0 Å². The number of rotatable bonds is 6. The van der Waals surface area contributed by atoms with E-state index in [0.29, 0.717) is 11.7 Å². The average molecular weight is 320 g/mol. The fraction of sp³-hybridized carbons (Fsp3) is 0.714. The van der Waals surface area contributed by atoms with Crippen LogP contribution in [0.15, 0.2) is 24.3 Å². The molecule has 1 N–H and O–H groups in total. The van der Waals surface area contributed by atoms with Gasteiger partial charge in [-0.1, -0.05) is 59.1 Å². The number of phenols is 1. The van der Waals surface area contributed by atoms with Crippen molar-refractivity contribution in [2.45, 2.75) is 84.6 Å². The second-order valence-electron chi connectivity index (χ2n) is 7.07. The molecule has 132 valence electrons. The van der Waals surface area contributed by atoms with E-state index in [9.17, 15) is 0 Å². The molecule has 0 atom stereocenters. The minimum absolute atomic E-state index is 0.337. The number of hydrogen-bond donors (Lipinski definition) is 1. The van der Waals surface area contributed by atoms with E-state index in [1.807, 2.05) is 12.1 Å². The maximum Gasteiger partial charge on any atom is 0.115 e. The van der Waals surface area contributed by atoms with E-state index in [2.05, 4.69) is 32.6 Å². The third kappa shape index (κ3) is 7.87. The fourth-order valence-electron chi connectivity index (χ4n) is 3.36. The standard InChI is InChI=1S/C12H25N.C9H12O/c1-3-10-13(11-4-2)12-8-6-5-7-9-12;1-7(2)8-3-5-9(10)6-4-8/h12H,3-11H2,1-2H3;3-7,10H,1-2H3. The molecule has 0 amide bonds. The minimum atomic E-state index is 0.337. The summed E-state index contributed by atoms with van der Waals surface area (Å²) in [5, 5.41) is 8.94. The van der Waals surface area contributed by atoms with Gasteiger partial charge in [-0.3, -0.25) is 0 Å². The Morgan fingerprint density at radius 1 is 0.957 bits per heavy atom. The normalized spacial score (nSPS) is 15.6. The highest BCUT2D eigenvalue weighted by Crippen LogP contribution is 2.22. The van der Waals surface area contributed by atoms with Gasteiger partial charge >= 0.3 is 0 Å². The van der Waals surface area contributed by atoms with E-state index in [1.54, 1.807) is 12.1 Å². The molecule has 1 aromatic carbocycles. The van der Waals surface area contributed by atoms with Crippen LogP contribution in [0, 0.1) is 0 Å². The zero-order valence-corrected chi connectivity index (χ0v) is 15.7. The zero-order chi connectivity index (χ0) is 17.1. The summed E-state index contributed by atoms with van der Waals surface area (Å²) < 4.78 is 0. The summed E-state index contributed by atoms with van der Waals surface area (Å²) in [5.74, 6) is 0.880. The second kappa shape index (κ2) is 11.5. The van der Waals surface area contributed by atoms with Crippen LogP contribution in [0.3, 0.4) is 0 Å². The Bertz CT molecular complexity index is 387. The molecule has 23 heavy (non-hydrogen) atoms. The van der Waals surface area contributed by atoms with Crippen LogP contribution in [0.25, 0.3) is 0 Å². The van der Waals surface area contributed by atoms with Gasteiger partial charge in [0.1, 0.15) is 5.75 Å². The van der Waals surface area contributed by atoms with Crippen molar-refractivity contribution in [3.05, 3.63) is 29.8 Å². The van der Waals surface area contributed by atoms with E-state index in [0.717, 1.165) is 6.04 Å². The zero-order valence-electron chi connectivity index (χ0n) is 15.7. The predicted octanol–water partition coefficient (Wildman–Crippen LogP) is 5.96. The molecular weight excluding hydrogens is 282 g/mol. The van der Waals surface area contributed by atoms with Gasteiger partial charge in [0, 0.05) is 6.04 Å². The summed E-state index contributed by atoms with van der Waals surface area (Å²) in [6.07, 6.45) is 9.96. The Balaban J connectivity index is 0.000000238. The van der Waals surface area contributed by atoms with Crippen LogP contribution in [0.4, 0.5) is 0 Å². The topological polar surface area (TPSA) is 23.5 Å². The van der Waals surface area contributed by atoms with Crippen LogP contribution >= 0.6 is 0 Å². The third-order valence-electron chi connectivity index (χ3n) is 4.67. The molecule has 2 nitrogen and oxygen atoms in total. The molecule has 1 fully saturated rings. The van der Waals surface area contributed by atoms with Crippen LogP contribution in [0.1, 0.15) is 84.1 Å². The molecule has 0 bridgehead atoms. The van der Waals surface area contributed by atoms with Gasteiger partial charge in [0.15, 0.2) is 0 Å². The summed E-state index contributed by atoms with van der Waals surface area (Å²) in [7, 11) is 0. The number of hydrogen-bond acceptors (Lipinski definition) is 2. The average Bonchev–Trinajstić information content (AvgIpc) is 2.56. The molecule has 0 saturated heterocycles. The highest BCUT2D eigenvalue weighted by molar-refractivity contribution is 5.27. The van der Waals surface area contributed by atoms with Crippen LogP contribution in [0.2, 0.25) is 0 Å². The molecule has 2 heteroatoms. The Morgan fingerprint density at radius 3 is 1.91 bits per heavy atom. The van der Waals surface area contributed by atoms with Gasteiger partial charge in [0.25, 0.3) is 0 Å². The molecule has 1 aliphatic carbocycles. The molecule has 0 heterocycles. The molecule has 0 aliphatic heterocycles. The van der Waals surface area contributed by atoms with Gasteiger partial charge in [-0.25, -0.2) is 0 Å². The summed E-state index contributed by atoms with van der Waals surface area (Å²) in [6, 6.07) is 8.25. The largest absolute Gasteiger partial charge is 0.508 e. The van der Waals surface area contributed by atoms with Gasteiger partial charge in [-0.05, 0) is 62.4 Å². The van der Waals surface area contributed by atoms with Crippen molar-refractivity contribution in [1.29, 1.82) is 0 Å². The number of benzene rings is 1. The maximum atomic E-state index is 8.94. The number of aromatic hydroxyl groups is 1. The summed E-state index contributed by atoms with van der Waals surface area (Å²) in [4.78, 5) is 2.72. The van der Waals surface area contributed by atoms with Gasteiger partial charge in [0.05, 0.1) is 0 Å². The molecule has 0 aromatic heterocycles. The first kappa shape index (κ1) is 20.0. The Hall–Kier alpha value is -1.02. The van der Waals surface area contributed by atoms with Crippen LogP contribution < -0.4 is 0 Å². The quantitative estimate of drug-likeness (QED) is 0.699. The molecular formula is C21H37NO. The van der Waals surface area contributed by atoms with Crippen molar-refractivity contribution in [3.8, 4) is 5.75 Å². The van der Waals surface area contributed by atoms with Gasteiger partial charge in [0.2, 0.25) is 0 Å². The van der Waals surface area contributed by atoms with Crippen molar-refractivity contribution >= 4 is 0 Å². The molecule has 1 aliphatic rings. The van der Waals surface area contributed by atoms with Crippen LogP contribution in [-0.4, -0.2) is 29.1 Å². The lowest BCUT2D eigenvalue weighted by Gasteiger charge is -2.33. The fourth-order valence-corrected chi connectivity index (χ4v) is 3.36. The molecule has 2 rings (SSSR count). The second-order valence-corrected chi connectivity index (χ2v) is 7.07. The molecule has 1 aromatic rings. The lowest BCUT2D eigenvalue weighted by atomic mass is 9.94. The monoisotopic (exact) mass is 319 g/mol. The highest BCUT2D eigenvalue weighted by Gasteiger charge is 2.19. The Morgan fingerprint density at radius 2 is 1.48 bits per heavy atom. The Kier molecular flexibility index (Phi) is 10.0. The first-order valence-corrected chi connectivity index (χ1v) is 9.61. The molecule has 1 saturated carbocycles. The van der Waals surface area contributed by atoms with Crippen LogP contribution in [0.5, 0.6) is 5.75 Å². The summed E-state index contributed by atoms with van der Waals surface area (Å²) in [5.41, 5.74) is 1.26. The van der Waals surface area contributed by atoms with Crippen molar-refractivity contribution in [2.75, 3.05) is 13.1 Å². The molecule has 0 spiro atoms. The summed E-state index contributed by atoms with van der Waals surface area (Å²) >= 11 is 0. The SMILES string of the molecule is CC(C)c1ccc(O)cc1.CCCN(CCC)C1CCCCC1. The number of nitrogens with zero attached hydrogens (tertiary/aromatic N) is 1. The lowest BCUT2D eigenvalue weighted by molar-refractivity contribution is 0.156. The summed E-state index contributed by atoms with van der Waals surface area (Å²) in [6.45, 7) is 11.5.